The highest BCUT2D eigenvalue weighted by Gasteiger charge is 2.12. The van der Waals surface area contributed by atoms with E-state index >= 15 is 0 Å². The molecule has 1 amide bonds. The molecule has 0 saturated heterocycles. The van der Waals surface area contributed by atoms with E-state index < -0.39 is 0 Å². The standard InChI is InChI=1S/C13H26N2O2/c1-4-5-6-7-8-9-13(17)15-10-12(14-3)11(2)16/h12,14H,4-10H2,1-3H3,(H,15,17)/t12-/m0/s1. The van der Waals surface area contributed by atoms with E-state index in [2.05, 4.69) is 17.6 Å². The van der Waals surface area contributed by atoms with Gasteiger partial charge in [-0.05, 0) is 20.4 Å². The molecule has 1 atom stereocenters. The molecule has 0 aliphatic rings. The maximum absolute atomic E-state index is 11.5. The largest absolute Gasteiger partial charge is 0.354 e. The molecular formula is C13H26N2O2. The van der Waals surface area contributed by atoms with Gasteiger partial charge in [0, 0.05) is 13.0 Å². The van der Waals surface area contributed by atoms with E-state index in [1.807, 2.05) is 0 Å². The Kier molecular flexibility index (Phi) is 9.72. The van der Waals surface area contributed by atoms with Gasteiger partial charge in [-0.2, -0.15) is 0 Å². The van der Waals surface area contributed by atoms with Gasteiger partial charge in [-0.25, -0.2) is 0 Å². The van der Waals surface area contributed by atoms with Gasteiger partial charge in [0.05, 0.1) is 6.04 Å². The zero-order valence-electron chi connectivity index (χ0n) is 11.3. The van der Waals surface area contributed by atoms with E-state index in [0.29, 0.717) is 13.0 Å². The smallest absolute Gasteiger partial charge is 0.220 e. The van der Waals surface area contributed by atoms with Gasteiger partial charge in [0.1, 0.15) is 5.78 Å². The summed E-state index contributed by atoms with van der Waals surface area (Å²) in [7, 11) is 1.73. The molecule has 17 heavy (non-hydrogen) atoms. The number of hydrogen-bond acceptors (Lipinski definition) is 3. The molecule has 0 spiro atoms. The quantitative estimate of drug-likeness (QED) is 0.573. The molecule has 0 rings (SSSR count). The summed E-state index contributed by atoms with van der Waals surface area (Å²) >= 11 is 0. The third-order valence-corrected chi connectivity index (χ3v) is 2.85. The van der Waals surface area contributed by atoms with Crippen molar-refractivity contribution in [2.45, 2.75) is 58.4 Å². The zero-order valence-corrected chi connectivity index (χ0v) is 11.3. The first-order chi connectivity index (χ1) is 8.11. The minimum atomic E-state index is -0.265. The Bertz CT molecular complexity index is 229. The van der Waals surface area contributed by atoms with Crippen LogP contribution in [0.5, 0.6) is 0 Å². The molecule has 0 aliphatic carbocycles. The van der Waals surface area contributed by atoms with Gasteiger partial charge in [-0.3, -0.25) is 9.59 Å². The minimum Gasteiger partial charge on any atom is -0.354 e. The van der Waals surface area contributed by atoms with Crippen molar-refractivity contribution in [2.24, 2.45) is 0 Å². The third-order valence-electron chi connectivity index (χ3n) is 2.85. The van der Waals surface area contributed by atoms with E-state index in [4.69, 9.17) is 0 Å². The lowest BCUT2D eigenvalue weighted by molar-refractivity contribution is -0.122. The van der Waals surface area contributed by atoms with Crippen LogP contribution < -0.4 is 10.6 Å². The van der Waals surface area contributed by atoms with Crippen LogP contribution in [0, 0.1) is 0 Å². The molecule has 0 bridgehead atoms. The Morgan fingerprint density at radius 2 is 1.76 bits per heavy atom. The monoisotopic (exact) mass is 242 g/mol. The second-order valence-corrected chi connectivity index (χ2v) is 4.42. The Morgan fingerprint density at radius 3 is 2.29 bits per heavy atom. The van der Waals surface area contributed by atoms with Crippen molar-refractivity contribution in [3.8, 4) is 0 Å². The number of carbonyl (C=O) groups is 2. The number of likely N-dealkylation sites (N-methyl/N-ethyl adjacent to an activating group) is 1. The molecule has 4 nitrogen and oxygen atoms in total. The van der Waals surface area contributed by atoms with E-state index in [9.17, 15) is 9.59 Å². The summed E-state index contributed by atoms with van der Waals surface area (Å²) in [6, 6.07) is -0.265. The predicted molar refractivity (Wildman–Crippen MR) is 69.9 cm³/mol. The lowest BCUT2D eigenvalue weighted by Crippen LogP contribution is -2.43. The average Bonchev–Trinajstić information content (AvgIpc) is 2.29. The fraction of sp³-hybridized carbons (Fsp3) is 0.846. The van der Waals surface area contributed by atoms with Crippen molar-refractivity contribution in [1.29, 1.82) is 0 Å². The lowest BCUT2D eigenvalue weighted by atomic mass is 10.1. The van der Waals surface area contributed by atoms with Crippen LogP contribution in [0.1, 0.15) is 52.4 Å². The molecular weight excluding hydrogens is 216 g/mol. The molecule has 0 aromatic heterocycles. The first-order valence-electron chi connectivity index (χ1n) is 6.56. The Hall–Kier alpha value is -0.900. The first-order valence-corrected chi connectivity index (χ1v) is 6.56. The van der Waals surface area contributed by atoms with Crippen LogP contribution in [0.25, 0.3) is 0 Å². The van der Waals surface area contributed by atoms with Crippen molar-refractivity contribution >= 4 is 11.7 Å². The van der Waals surface area contributed by atoms with Crippen LogP contribution in [0.2, 0.25) is 0 Å². The first kappa shape index (κ1) is 16.1. The Labute approximate surface area is 105 Å². The third kappa shape index (κ3) is 8.86. The molecule has 0 aromatic rings. The summed E-state index contributed by atoms with van der Waals surface area (Å²) in [5.41, 5.74) is 0. The molecule has 0 aromatic carbocycles. The van der Waals surface area contributed by atoms with Crippen LogP contribution >= 0.6 is 0 Å². The fourth-order valence-corrected chi connectivity index (χ4v) is 1.64. The van der Waals surface area contributed by atoms with Crippen molar-refractivity contribution in [3.05, 3.63) is 0 Å². The van der Waals surface area contributed by atoms with Gasteiger partial charge < -0.3 is 10.6 Å². The minimum absolute atomic E-state index is 0.0444. The molecule has 0 saturated carbocycles. The summed E-state index contributed by atoms with van der Waals surface area (Å²) in [5.74, 6) is 0.0961. The highest BCUT2D eigenvalue weighted by atomic mass is 16.1. The summed E-state index contributed by atoms with van der Waals surface area (Å²) in [5, 5.41) is 5.66. The number of rotatable bonds is 10. The van der Waals surface area contributed by atoms with Crippen LogP contribution in [0.4, 0.5) is 0 Å². The van der Waals surface area contributed by atoms with Gasteiger partial charge in [0.15, 0.2) is 0 Å². The van der Waals surface area contributed by atoms with E-state index in [1.54, 1.807) is 7.05 Å². The predicted octanol–water partition coefficient (Wildman–Crippen LogP) is 1.64. The maximum Gasteiger partial charge on any atom is 0.220 e. The van der Waals surface area contributed by atoms with Gasteiger partial charge >= 0.3 is 0 Å². The fourth-order valence-electron chi connectivity index (χ4n) is 1.64. The number of hydrogen-bond donors (Lipinski definition) is 2. The van der Waals surface area contributed by atoms with Gasteiger partial charge in [0.2, 0.25) is 5.91 Å². The van der Waals surface area contributed by atoms with Crippen molar-refractivity contribution < 1.29 is 9.59 Å². The number of carbonyl (C=O) groups excluding carboxylic acids is 2. The van der Waals surface area contributed by atoms with Crippen molar-refractivity contribution in [3.63, 3.8) is 0 Å². The highest BCUT2D eigenvalue weighted by Crippen LogP contribution is 2.04. The average molecular weight is 242 g/mol. The summed E-state index contributed by atoms with van der Waals surface area (Å²) < 4.78 is 0. The number of Topliss-reactive ketones (excluding diaryl/α,β-unsaturated/α-hetero) is 1. The molecule has 4 heteroatoms. The highest BCUT2D eigenvalue weighted by molar-refractivity contribution is 5.83. The van der Waals surface area contributed by atoms with E-state index in [-0.39, 0.29) is 17.7 Å². The van der Waals surface area contributed by atoms with Gasteiger partial charge in [-0.1, -0.05) is 32.6 Å². The molecule has 0 fully saturated rings. The lowest BCUT2D eigenvalue weighted by Gasteiger charge is -2.13. The number of nitrogens with one attached hydrogen (secondary N) is 2. The van der Waals surface area contributed by atoms with Crippen LogP contribution in [-0.4, -0.2) is 31.3 Å². The topological polar surface area (TPSA) is 58.2 Å². The normalized spacial score (nSPS) is 12.2. The number of unbranched alkanes of at least 4 members (excludes halogenated alkanes) is 4. The summed E-state index contributed by atoms with van der Waals surface area (Å²) in [6.07, 6.45) is 6.29. The second kappa shape index (κ2) is 10.3. The van der Waals surface area contributed by atoms with Crippen molar-refractivity contribution in [1.82, 2.24) is 10.6 Å². The van der Waals surface area contributed by atoms with E-state index in [0.717, 1.165) is 12.8 Å². The summed E-state index contributed by atoms with van der Waals surface area (Å²) in [6.45, 7) is 4.09. The van der Waals surface area contributed by atoms with Gasteiger partial charge in [-0.15, -0.1) is 0 Å². The number of ketones is 1. The SMILES string of the molecule is CCCCCCCC(=O)NC[C@H](NC)C(C)=O. The molecule has 0 aliphatic heterocycles. The molecule has 0 unspecified atom stereocenters. The molecule has 0 radical (unpaired) electrons. The number of amides is 1. The van der Waals surface area contributed by atoms with Crippen LogP contribution in [0.3, 0.4) is 0 Å². The van der Waals surface area contributed by atoms with Crippen LogP contribution in [-0.2, 0) is 9.59 Å². The Balaban J connectivity index is 3.55. The molecule has 100 valence electrons. The zero-order chi connectivity index (χ0) is 13.1. The second-order valence-electron chi connectivity index (χ2n) is 4.42. The summed E-state index contributed by atoms with van der Waals surface area (Å²) in [4.78, 5) is 22.6. The van der Waals surface area contributed by atoms with Crippen molar-refractivity contribution in [2.75, 3.05) is 13.6 Å². The molecule has 0 heterocycles. The van der Waals surface area contributed by atoms with Crippen LogP contribution in [0.15, 0.2) is 0 Å². The molecule has 2 N–H and O–H groups in total. The Morgan fingerprint density at radius 1 is 1.12 bits per heavy atom. The maximum atomic E-state index is 11.5. The van der Waals surface area contributed by atoms with Gasteiger partial charge in [0.25, 0.3) is 0 Å². The van der Waals surface area contributed by atoms with E-state index in [1.165, 1.54) is 26.2 Å².